The number of hydrogen-bond donors (Lipinski definition) is 2. The molecule has 0 spiro atoms. The van der Waals surface area contributed by atoms with Crippen molar-refractivity contribution in [2.75, 3.05) is 6.61 Å². The van der Waals surface area contributed by atoms with Crippen molar-refractivity contribution in [3.05, 3.63) is 47.6 Å². The SMILES string of the molecule is C[C@@]12C=CC[C@H]1[C@@H]1CC=C3C[C@@H](O)CC[C@]3(C)[C@H]1CC2.C[C@]12CCCCC1CC[C@H]1C3=CC=C[C@@]3(CO)CC[C@@H]12. The minimum absolute atomic E-state index is 0.0268. The van der Waals surface area contributed by atoms with Gasteiger partial charge in [0.2, 0.25) is 0 Å². The number of hydrogen-bond acceptors (Lipinski definition) is 2. The molecule has 0 radical (unpaired) electrons. The minimum Gasteiger partial charge on any atom is -0.395 e. The van der Waals surface area contributed by atoms with Gasteiger partial charge in [-0.1, -0.05) is 81.2 Å². The van der Waals surface area contributed by atoms with Gasteiger partial charge in [0.1, 0.15) is 0 Å². The number of fused-ring (bicyclic) bond motifs is 10. The number of allylic oxidation sites excluding steroid dienone is 5. The molecule has 40 heavy (non-hydrogen) atoms. The first kappa shape index (κ1) is 27.7. The van der Waals surface area contributed by atoms with Crippen LogP contribution in [0.3, 0.4) is 0 Å². The zero-order valence-corrected chi connectivity index (χ0v) is 25.7. The lowest BCUT2D eigenvalue weighted by atomic mass is 9.46. The van der Waals surface area contributed by atoms with Crippen LogP contribution in [0.4, 0.5) is 0 Å². The summed E-state index contributed by atoms with van der Waals surface area (Å²) in [4.78, 5) is 0. The van der Waals surface area contributed by atoms with Crippen molar-refractivity contribution in [2.45, 2.75) is 123 Å². The number of aliphatic hydroxyl groups is 2. The summed E-state index contributed by atoms with van der Waals surface area (Å²) in [5, 5.41) is 19.9. The third kappa shape index (κ3) is 4.08. The average molecular weight is 545 g/mol. The Labute approximate surface area is 244 Å². The fourth-order valence-electron chi connectivity index (χ4n) is 12.4. The lowest BCUT2D eigenvalue weighted by molar-refractivity contribution is -0.0530. The summed E-state index contributed by atoms with van der Waals surface area (Å²) in [6.07, 6.45) is 33.9. The molecule has 2 N–H and O–H groups in total. The Kier molecular flexibility index (Phi) is 6.90. The first-order valence-electron chi connectivity index (χ1n) is 17.3. The minimum atomic E-state index is -0.0760. The van der Waals surface area contributed by atoms with Crippen molar-refractivity contribution in [1.82, 2.24) is 0 Å². The van der Waals surface area contributed by atoms with E-state index < -0.39 is 0 Å². The van der Waals surface area contributed by atoms with Gasteiger partial charge in [0.25, 0.3) is 0 Å². The second-order valence-electron chi connectivity index (χ2n) is 16.4. The van der Waals surface area contributed by atoms with Gasteiger partial charge in [-0.2, -0.15) is 0 Å². The molecule has 0 aliphatic heterocycles. The molecule has 220 valence electrons. The first-order chi connectivity index (χ1) is 19.2. The zero-order valence-electron chi connectivity index (χ0n) is 25.7. The van der Waals surface area contributed by atoms with E-state index in [4.69, 9.17) is 0 Å². The van der Waals surface area contributed by atoms with Crippen LogP contribution >= 0.6 is 0 Å². The molecule has 0 bridgehead atoms. The van der Waals surface area contributed by atoms with Crippen molar-refractivity contribution >= 4 is 0 Å². The normalized spacial score (nSPS) is 52.0. The first-order valence-corrected chi connectivity index (χ1v) is 17.3. The molecule has 2 heteroatoms. The van der Waals surface area contributed by atoms with E-state index in [0.717, 1.165) is 48.3 Å². The maximum absolute atomic E-state index is 10.00. The molecule has 0 aromatic rings. The Morgan fingerprint density at radius 1 is 0.825 bits per heavy atom. The molecule has 8 aliphatic carbocycles. The van der Waals surface area contributed by atoms with Crippen LogP contribution in [-0.2, 0) is 0 Å². The Morgan fingerprint density at radius 2 is 1.68 bits per heavy atom. The third-order valence-corrected chi connectivity index (χ3v) is 14.9. The van der Waals surface area contributed by atoms with Gasteiger partial charge in [0.15, 0.2) is 0 Å². The van der Waals surface area contributed by atoms with E-state index in [2.05, 4.69) is 57.2 Å². The Morgan fingerprint density at radius 3 is 2.52 bits per heavy atom. The van der Waals surface area contributed by atoms with Gasteiger partial charge in [-0.3, -0.25) is 0 Å². The molecule has 5 fully saturated rings. The highest BCUT2D eigenvalue weighted by molar-refractivity contribution is 5.39. The van der Waals surface area contributed by atoms with Gasteiger partial charge < -0.3 is 10.2 Å². The van der Waals surface area contributed by atoms with Crippen LogP contribution in [0.2, 0.25) is 0 Å². The van der Waals surface area contributed by atoms with Crippen LogP contribution in [0.25, 0.3) is 0 Å². The summed E-state index contributed by atoms with van der Waals surface area (Å²) in [6.45, 7) is 7.91. The van der Waals surface area contributed by atoms with Crippen LogP contribution in [0, 0.1) is 57.2 Å². The monoisotopic (exact) mass is 544 g/mol. The maximum Gasteiger partial charge on any atom is 0.0577 e. The van der Waals surface area contributed by atoms with Crippen LogP contribution in [-0.4, -0.2) is 22.9 Å². The van der Waals surface area contributed by atoms with Gasteiger partial charge in [-0.05, 0) is 135 Å². The summed E-state index contributed by atoms with van der Waals surface area (Å²) in [7, 11) is 0. The van der Waals surface area contributed by atoms with E-state index in [-0.39, 0.29) is 11.5 Å². The molecule has 2 nitrogen and oxygen atoms in total. The molecule has 1 unspecified atom stereocenters. The summed E-state index contributed by atoms with van der Waals surface area (Å²) >= 11 is 0. The van der Waals surface area contributed by atoms with Crippen molar-refractivity contribution in [2.24, 2.45) is 57.2 Å². The summed E-state index contributed by atoms with van der Waals surface area (Å²) in [5.41, 5.74) is 4.67. The van der Waals surface area contributed by atoms with Gasteiger partial charge in [0, 0.05) is 5.41 Å². The molecule has 5 saturated carbocycles. The zero-order chi connectivity index (χ0) is 27.8. The van der Waals surface area contributed by atoms with Crippen molar-refractivity contribution < 1.29 is 10.2 Å². The number of aliphatic hydroxyl groups excluding tert-OH is 2. The van der Waals surface area contributed by atoms with Crippen LogP contribution < -0.4 is 0 Å². The fourth-order valence-corrected chi connectivity index (χ4v) is 12.4. The molecule has 0 aromatic heterocycles. The standard InChI is InChI=1S/2C19H28O/c1-18-9-3-4-16(18)15-6-5-13-12-14(20)7-11-19(13,2)17(15)8-10-18;1-18-10-3-2-5-14(18)7-8-15-16(18)9-12-19(13-20)11-4-6-17(15)19/h3,5,9,14-17,20H,4,6-8,10-12H2,1-2H3;4,6,11,14-16,20H,2-3,5,7-10,12-13H2,1H3/t14-,15-,16-,17-,18-,19-;14?,15-,16+,18+,19+/m01/s1. The smallest absolute Gasteiger partial charge is 0.0577 e. The quantitative estimate of drug-likeness (QED) is 0.323. The average Bonchev–Trinajstić information content (AvgIpc) is 3.57. The molecular formula is C38H56O2. The second kappa shape index (κ2) is 9.97. The fraction of sp³-hybridized carbons (Fsp3) is 0.789. The van der Waals surface area contributed by atoms with Crippen LogP contribution in [0.1, 0.15) is 117 Å². The maximum atomic E-state index is 10.00. The summed E-state index contributed by atoms with van der Waals surface area (Å²) in [5.74, 6) is 5.25. The molecule has 0 heterocycles. The lowest BCUT2D eigenvalue weighted by Gasteiger charge is -2.58. The lowest BCUT2D eigenvalue weighted by Crippen LogP contribution is -2.50. The van der Waals surface area contributed by atoms with Crippen LogP contribution in [0.15, 0.2) is 47.6 Å². The van der Waals surface area contributed by atoms with Gasteiger partial charge >= 0.3 is 0 Å². The van der Waals surface area contributed by atoms with Crippen LogP contribution in [0.5, 0.6) is 0 Å². The van der Waals surface area contributed by atoms with Gasteiger partial charge in [-0.25, -0.2) is 0 Å². The Balaban J connectivity index is 0.000000132. The predicted molar refractivity (Wildman–Crippen MR) is 164 cm³/mol. The highest BCUT2D eigenvalue weighted by atomic mass is 16.3. The molecule has 0 saturated heterocycles. The highest BCUT2D eigenvalue weighted by Gasteiger charge is 2.56. The van der Waals surface area contributed by atoms with Crippen molar-refractivity contribution in [3.8, 4) is 0 Å². The molecule has 8 rings (SSSR count). The number of rotatable bonds is 1. The predicted octanol–water partition coefficient (Wildman–Crippen LogP) is 8.95. The third-order valence-electron chi connectivity index (χ3n) is 14.9. The summed E-state index contributed by atoms with van der Waals surface area (Å²) in [6, 6.07) is 0. The van der Waals surface area contributed by atoms with Crippen molar-refractivity contribution in [3.63, 3.8) is 0 Å². The van der Waals surface area contributed by atoms with E-state index in [9.17, 15) is 10.2 Å². The molecule has 0 amide bonds. The second-order valence-corrected chi connectivity index (χ2v) is 16.4. The Bertz CT molecular complexity index is 1110. The van der Waals surface area contributed by atoms with E-state index in [1.165, 1.54) is 83.5 Å². The molecular weight excluding hydrogens is 488 g/mol. The van der Waals surface area contributed by atoms with E-state index in [1.54, 1.807) is 11.1 Å². The Hall–Kier alpha value is -1.12. The molecule has 11 atom stereocenters. The molecule has 8 aliphatic rings. The largest absolute Gasteiger partial charge is 0.395 e. The van der Waals surface area contributed by atoms with E-state index in [1.807, 2.05) is 0 Å². The summed E-state index contributed by atoms with van der Waals surface area (Å²) < 4.78 is 0. The van der Waals surface area contributed by atoms with E-state index >= 15 is 0 Å². The van der Waals surface area contributed by atoms with Gasteiger partial charge in [0.05, 0.1) is 12.7 Å². The topological polar surface area (TPSA) is 40.5 Å². The van der Waals surface area contributed by atoms with Crippen molar-refractivity contribution in [1.29, 1.82) is 0 Å². The highest BCUT2D eigenvalue weighted by Crippen LogP contribution is 2.65. The van der Waals surface area contributed by atoms with E-state index in [0.29, 0.717) is 22.9 Å². The van der Waals surface area contributed by atoms with Gasteiger partial charge in [-0.15, -0.1) is 0 Å². The molecule has 0 aromatic carbocycles.